The summed E-state index contributed by atoms with van der Waals surface area (Å²) in [6.07, 6.45) is 7.97. The van der Waals surface area contributed by atoms with Crippen molar-refractivity contribution >= 4 is 17.7 Å². The number of benzene rings is 2. The molecule has 9 heteroatoms. The monoisotopic (exact) mass is 576 g/mol. The summed E-state index contributed by atoms with van der Waals surface area (Å²) < 4.78 is 18.8. The van der Waals surface area contributed by atoms with E-state index >= 15 is 0 Å². The van der Waals surface area contributed by atoms with Gasteiger partial charge in [-0.15, -0.1) is 0 Å². The van der Waals surface area contributed by atoms with Crippen LogP contribution < -0.4 is 16.0 Å². The lowest BCUT2D eigenvalue weighted by Gasteiger charge is -2.40. The van der Waals surface area contributed by atoms with Crippen LogP contribution in [0.4, 0.5) is 4.39 Å². The molecule has 2 aromatic rings. The molecule has 5 rings (SSSR count). The maximum Gasteiger partial charge on any atom is 0.243 e. The standard InChI is InChI=1S/C33H41FN4O4/c34-27-11-9-25(10-12-27)21-35-30(39)23-38-17-13-28-26(22-38)8-4-5-14-33(15-18-42-19-16-33)32(41)37-29(31(40)36-28)20-24-6-2-1-3-7-24/h1-7,9-12,26,28-29H,8,13-23H2,(H,35,39)(H,36,40)(H,37,41)/t26-,28+,29-/m1/s1. The Hall–Kier alpha value is -3.56. The van der Waals surface area contributed by atoms with E-state index in [0.29, 0.717) is 65.0 Å². The number of hydrogen-bond donors (Lipinski definition) is 3. The first-order valence-corrected chi connectivity index (χ1v) is 15.0. The lowest BCUT2D eigenvalue weighted by atomic mass is 9.75. The van der Waals surface area contributed by atoms with Crippen molar-refractivity contribution in [1.29, 1.82) is 0 Å². The van der Waals surface area contributed by atoms with E-state index < -0.39 is 11.5 Å². The van der Waals surface area contributed by atoms with Gasteiger partial charge in [0.2, 0.25) is 17.7 Å². The molecule has 2 aromatic carbocycles. The molecule has 3 aliphatic heterocycles. The number of halogens is 1. The van der Waals surface area contributed by atoms with Crippen LogP contribution in [0.1, 0.15) is 43.2 Å². The molecule has 224 valence electrons. The average molecular weight is 577 g/mol. The van der Waals surface area contributed by atoms with Crippen molar-refractivity contribution in [2.75, 3.05) is 32.8 Å². The Bertz CT molecular complexity index is 1250. The number of carbonyl (C=O) groups is 3. The van der Waals surface area contributed by atoms with Crippen LogP contribution >= 0.6 is 0 Å². The predicted octanol–water partition coefficient (Wildman–Crippen LogP) is 3.12. The molecule has 3 aliphatic rings. The van der Waals surface area contributed by atoms with Crippen molar-refractivity contribution in [2.45, 2.75) is 57.2 Å². The van der Waals surface area contributed by atoms with Crippen molar-refractivity contribution in [3.8, 4) is 0 Å². The van der Waals surface area contributed by atoms with Crippen LogP contribution in [0, 0.1) is 17.2 Å². The Labute approximate surface area is 247 Å². The largest absolute Gasteiger partial charge is 0.381 e. The lowest BCUT2D eigenvalue weighted by Crippen LogP contribution is -2.58. The van der Waals surface area contributed by atoms with Gasteiger partial charge in [-0.2, -0.15) is 0 Å². The first kappa shape index (κ1) is 29.9. The molecular formula is C33H41FN4O4. The zero-order valence-corrected chi connectivity index (χ0v) is 24.0. The maximum atomic E-state index is 13.7. The first-order chi connectivity index (χ1) is 20.4. The van der Waals surface area contributed by atoms with E-state index in [1.54, 1.807) is 12.1 Å². The van der Waals surface area contributed by atoms with Gasteiger partial charge in [-0.05, 0) is 61.3 Å². The molecule has 0 radical (unpaired) electrons. The van der Waals surface area contributed by atoms with Gasteiger partial charge in [-0.1, -0.05) is 54.6 Å². The smallest absolute Gasteiger partial charge is 0.243 e. The summed E-state index contributed by atoms with van der Waals surface area (Å²) in [7, 11) is 0. The van der Waals surface area contributed by atoms with Crippen LogP contribution in [0.2, 0.25) is 0 Å². The Morgan fingerprint density at radius 2 is 1.76 bits per heavy atom. The summed E-state index contributed by atoms with van der Waals surface area (Å²) in [6.45, 7) is 3.01. The quantitative estimate of drug-likeness (QED) is 0.459. The van der Waals surface area contributed by atoms with Gasteiger partial charge in [0.25, 0.3) is 0 Å². The van der Waals surface area contributed by atoms with Crippen LogP contribution in [-0.4, -0.2) is 67.6 Å². The Morgan fingerprint density at radius 3 is 2.52 bits per heavy atom. The van der Waals surface area contributed by atoms with Crippen molar-refractivity contribution in [1.82, 2.24) is 20.9 Å². The highest BCUT2D eigenvalue weighted by Crippen LogP contribution is 2.36. The lowest BCUT2D eigenvalue weighted by molar-refractivity contribution is -0.140. The third kappa shape index (κ3) is 7.83. The van der Waals surface area contributed by atoms with Crippen LogP contribution in [0.5, 0.6) is 0 Å². The summed E-state index contributed by atoms with van der Waals surface area (Å²) in [4.78, 5) is 42.3. The number of allylic oxidation sites excluding steroid dienone is 2. The molecule has 1 spiro atoms. The molecule has 3 heterocycles. The molecule has 3 amide bonds. The number of nitrogens with one attached hydrogen (secondary N) is 3. The van der Waals surface area contributed by atoms with Crippen molar-refractivity contribution in [3.05, 3.63) is 83.7 Å². The highest BCUT2D eigenvalue weighted by Gasteiger charge is 2.41. The topological polar surface area (TPSA) is 99.8 Å². The number of amides is 3. The van der Waals surface area contributed by atoms with Gasteiger partial charge in [0.05, 0.1) is 12.0 Å². The number of nitrogens with zero attached hydrogens (tertiary/aromatic N) is 1. The van der Waals surface area contributed by atoms with E-state index in [9.17, 15) is 18.8 Å². The van der Waals surface area contributed by atoms with Crippen molar-refractivity contribution < 1.29 is 23.5 Å². The number of carbonyl (C=O) groups excluding carboxylic acids is 3. The second-order valence-corrected chi connectivity index (χ2v) is 11.8. The van der Waals surface area contributed by atoms with Crippen molar-refractivity contribution in [2.24, 2.45) is 11.3 Å². The normalized spacial score (nSPS) is 24.9. The molecule has 0 unspecified atom stereocenters. The molecule has 3 N–H and O–H groups in total. The van der Waals surface area contributed by atoms with Gasteiger partial charge < -0.3 is 20.7 Å². The fourth-order valence-corrected chi connectivity index (χ4v) is 6.26. The summed E-state index contributed by atoms with van der Waals surface area (Å²) >= 11 is 0. The number of piperidine rings is 1. The minimum absolute atomic E-state index is 0.0627. The van der Waals surface area contributed by atoms with E-state index in [-0.39, 0.29) is 42.0 Å². The van der Waals surface area contributed by atoms with Gasteiger partial charge >= 0.3 is 0 Å². The molecular weight excluding hydrogens is 535 g/mol. The van der Waals surface area contributed by atoms with Crippen LogP contribution in [0.25, 0.3) is 0 Å². The number of rotatable bonds is 6. The average Bonchev–Trinajstić information content (AvgIpc) is 3.00. The molecule has 8 nitrogen and oxygen atoms in total. The molecule has 0 bridgehead atoms. The molecule has 42 heavy (non-hydrogen) atoms. The summed E-state index contributed by atoms with van der Waals surface area (Å²) in [5, 5.41) is 9.33. The van der Waals surface area contributed by atoms with E-state index in [4.69, 9.17) is 4.74 Å². The van der Waals surface area contributed by atoms with E-state index in [0.717, 1.165) is 17.5 Å². The zero-order chi connectivity index (χ0) is 29.4. The minimum Gasteiger partial charge on any atom is -0.381 e. The third-order valence-corrected chi connectivity index (χ3v) is 8.87. The predicted molar refractivity (Wildman–Crippen MR) is 158 cm³/mol. The molecule has 0 saturated carbocycles. The minimum atomic E-state index is -0.682. The summed E-state index contributed by atoms with van der Waals surface area (Å²) in [6, 6.07) is 15.1. The summed E-state index contributed by atoms with van der Waals surface area (Å²) in [5.74, 6) is -0.507. The number of likely N-dealkylation sites (tertiary alicyclic amines) is 1. The zero-order valence-electron chi connectivity index (χ0n) is 24.0. The second kappa shape index (κ2) is 14.1. The number of ether oxygens (including phenoxy) is 1. The summed E-state index contributed by atoms with van der Waals surface area (Å²) in [5.41, 5.74) is 1.24. The van der Waals surface area contributed by atoms with Crippen LogP contribution in [0.3, 0.4) is 0 Å². The van der Waals surface area contributed by atoms with Gasteiger partial charge in [0.15, 0.2) is 0 Å². The number of fused-ring (bicyclic) bond motifs is 1. The molecule has 2 saturated heterocycles. The first-order valence-electron chi connectivity index (χ1n) is 15.0. The Balaban J connectivity index is 1.27. The Kier molecular flexibility index (Phi) is 10.0. The molecule has 0 aromatic heterocycles. The van der Waals surface area contributed by atoms with Crippen LogP contribution in [0.15, 0.2) is 66.7 Å². The Morgan fingerprint density at radius 1 is 1.00 bits per heavy atom. The second-order valence-electron chi connectivity index (χ2n) is 11.8. The highest BCUT2D eigenvalue weighted by molar-refractivity contribution is 5.90. The van der Waals surface area contributed by atoms with E-state index in [1.807, 2.05) is 30.3 Å². The van der Waals surface area contributed by atoms with E-state index in [2.05, 4.69) is 33.0 Å². The maximum absolute atomic E-state index is 13.7. The SMILES string of the molecule is O=C(CN1CC[C@@H]2NC(=O)[C@@H](Cc3ccccc3)NC(=O)C3(CC=CC[C@@H]2C1)CCOCC3)NCc1ccc(F)cc1. The van der Waals surface area contributed by atoms with Crippen molar-refractivity contribution in [3.63, 3.8) is 0 Å². The third-order valence-electron chi connectivity index (χ3n) is 8.87. The van der Waals surface area contributed by atoms with Gasteiger partial charge in [-0.25, -0.2) is 4.39 Å². The van der Waals surface area contributed by atoms with Gasteiger partial charge in [0.1, 0.15) is 11.9 Å². The fourth-order valence-electron chi connectivity index (χ4n) is 6.26. The van der Waals surface area contributed by atoms with Gasteiger partial charge in [-0.3, -0.25) is 19.3 Å². The molecule has 3 atom stereocenters. The molecule has 0 aliphatic carbocycles. The van der Waals surface area contributed by atoms with Gasteiger partial charge in [0, 0.05) is 45.3 Å². The van der Waals surface area contributed by atoms with E-state index in [1.165, 1.54) is 12.1 Å². The van der Waals surface area contributed by atoms with Crippen LogP contribution in [-0.2, 0) is 32.1 Å². The highest BCUT2D eigenvalue weighted by atomic mass is 19.1. The number of hydrogen-bond acceptors (Lipinski definition) is 5. The molecule has 2 fully saturated rings. The fraction of sp³-hybridized carbons (Fsp3) is 0.485.